The SMILES string of the molecule is CCC(N)C(c1ccc(C)s1)N(CC)Cc1cccs1. The van der Waals surface area contributed by atoms with Crippen molar-refractivity contribution >= 4 is 22.7 Å². The van der Waals surface area contributed by atoms with Crippen LogP contribution in [0.3, 0.4) is 0 Å². The van der Waals surface area contributed by atoms with Crippen molar-refractivity contribution in [2.45, 2.75) is 45.8 Å². The normalized spacial score (nSPS) is 14.7. The van der Waals surface area contributed by atoms with Gasteiger partial charge in [0.25, 0.3) is 0 Å². The minimum absolute atomic E-state index is 0.188. The van der Waals surface area contributed by atoms with Gasteiger partial charge in [-0.25, -0.2) is 0 Å². The average molecular weight is 309 g/mol. The second-order valence-corrected chi connectivity index (χ2v) is 7.46. The molecule has 0 aliphatic carbocycles. The van der Waals surface area contributed by atoms with E-state index in [-0.39, 0.29) is 6.04 Å². The number of nitrogens with zero attached hydrogens (tertiary/aromatic N) is 1. The molecule has 4 heteroatoms. The zero-order chi connectivity index (χ0) is 14.5. The van der Waals surface area contributed by atoms with Gasteiger partial charge in [0.2, 0.25) is 0 Å². The molecule has 2 heterocycles. The molecular weight excluding hydrogens is 284 g/mol. The summed E-state index contributed by atoms with van der Waals surface area (Å²) in [4.78, 5) is 6.68. The molecule has 0 aliphatic heterocycles. The maximum Gasteiger partial charge on any atom is 0.0596 e. The molecule has 2 aromatic rings. The highest BCUT2D eigenvalue weighted by molar-refractivity contribution is 7.12. The molecule has 2 N–H and O–H groups in total. The molecule has 0 amide bonds. The van der Waals surface area contributed by atoms with Gasteiger partial charge >= 0.3 is 0 Å². The summed E-state index contributed by atoms with van der Waals surface area (Å²) in [5.41, 5.74) is 6.43. The minimum Gasteiger partial charge on any atom is -0.326 e. The molecule has 0 fully saturated rings. The van der Waals surface area contributed by atoms with Crippen molar-refractivity contribution in [2.75, 3.05) is 6.54 Å². The maximum absolute atomic E-state index is 6.43. The fourth-order valence-corrected chi connectivity index (χ4v) is 4.32. The van der Waals surface area contributed by atoms with Crippen LogP contribution < -0.4 is 5.73 Å². The van der Waals surface area contributed by atoms with Gasteiger partial charge in [0.1, 0.15) is 0 Å². The van der Waals surface area contributed by atoms with Crippen molar-refractivity contribution in [3.63, 3.8) is 0 Å². The van der Waals surface area contributed by atoms with E-state index in [9.17, 15) is 0 Å². The predicted molar refractivity (Wildman–Crippen MR) is 90.5 cm³/mol. The third-order valence-electron chi connectivity index (χ3n) is 3.67. The monoisotopic (exact) mass is 308 g/mol. The van der Waals surface area contributed by atoms with Crippen LogP contribution in [-0.2, 0) is 6.54 Å². The summed E-state index contributed by atoms with van der Waals surface area (Å²) >= 11 is 3.70. The molecule has 2 rings (SSSR count). The Morgan fingerprint density at radius 1 is 1.25 bits per heavy atom. The smallest absolute Gasteiger partial charge is 0.0596 e. The lowest BCUT2D eigenvalue weighted by molar-refractivity contribution is 0.174. The third kappa shape index (κ3) is 3.70. The van der Waals surface area contributed by atoms with E-state index < -0.39 is 0 Å². The van der Waals surface area contributed by atoms with Crippen molar-refractivity contribution in [2.24, 2.45) is 5.73 Å². The van der Waals surface area contributed by atoms with Gasteiger partial charge in [-0.05, 0) is 43.5 Å². The van der Waals surface area contributed by atoms with Crippen LogP contribution >= 0.6 is 22.7 Å². The summed E-state index contributed by atoms with van der Waals surface area (Å²) in [5.74, 6) is 0. The first kappa shape index (κ1) is 15.7. The molecule has 2 aromatic heterocycles. The molecule has 0 aliphatic rings. The minimum atomic E-state index is 0.188. The maximum atomic E-state index is 6.43. The van der Waals surface area contributed by atoms with Crippen LogP contribution in [0.2, 0.25) is 0 Å². The lowest BCUT2D eigenvalue weighted by Crippen LogP contribution is -2.40. The first-order chi connectivity index (χ1) is 9.65. The number of hydrogen-bond acceptors (Lipinski definition) is 4. The van der Waals surface area contributed by atoms with Gasteiger partial charge in [-0.2, -0.15) is 0 Å². The van der Waals surface area contributed by atoms with E-state index in [1.165, 1.54) is 14.6 Å². The number of thiophene rings is 2. The topological polar surface area (TPSA) is 29.3 Å². The zero-order valence-corrected chi connectivity index (χ0v) is 14.1. The molecule has 110 valence electrons. The summed E-state index contributed by atoms with van der Waals surface area (Å²) in [7, 11) is 0. The molecule has 2 unspecified atom stereocenters. The Labute approximate surface area is 130 Å². The fraction of sp³-hybridized carbons (Fsp3) is 0.500. The van der Waals surface area contributed by atoms with E-state index in [1.807, 2.05) is 22.7 Å². The van der Waals surface area contributed by atoms with Crippen LogP contribution in [0.1, 0.15) is 40.9 Å². The van der Waals surface area contributed by atoms with Crippen molar-refractivity contribution in [1.82, 2.24) is 4.90 Å². The molecule has 2 atom stereocenters. The Balaban J connectivity index is 2.23. The van der Waals surface area contributed by atoms with Crippen LogP contribution in [0.15, 0.2) is 29.6 Å². The number of hydrogen-bond donors (Lipinski definition) is 1. The third-order valence-corrected chi connectivity index (χ3v) is 5.60. The number of aryl methyl sites for hydroxylation is 1. The second-order valence-electron chi connectivity index (χ2n) is 5.11. The molecule has 2 nitrogen and oxygen atoms in total. The van der Waals surface area contributed by atoms with Gasteiger partial charge in [-0.1, -0.05) is 19.9 Å². The quantitative estimate of drug-likeness (QED) is 0.820. The Kier molecular flexibility index (Phi) is 5.78. The summed E-state index contributed by atoms with van der Waals surface area (Å²) in [6.07, 6.45) is 1.00. The Morgan fingerprint density at radius 2 is 2.05 bits per heavy atom. The van der Waals surface area contributed by atoms with Gasteiger partial charge in [0.05, 0.1) is 6.04 Å². The van der Waals surface area contributed by atoms with E-state index in [0.29, 0.717) is 6.04 Å². The highest BCUT2D eigenvalue weighted by Crippen LogP contribution is 2.32. The number of nitrogens with two attached hydrogens (primary N) is 1. The highest BCUT2D eigenvalue weighted by Gasteiger charge is 2.26. The summed E-state index contributed by atoms with van der Waals surface area (Å²) in [6, 6.07) is 9.30. The van der Waals surface area contributed by atoms with E-state index in [4.69, 9.17) is 5.73 Å². The van der Waals surface area contributed by atoms with Crippen LogP contribution in [0, 0.1) is 6.92 Å². The first-order valence-corrected chi connectivity index (χ1v) is 8.93. The summed E-state index contributed by atoms with van der Waals surface area (Å²) < 4.78 is 0. The number of likely N-dealkylation sites (N-methyl/N-ethyl adjacent to an activating group) is 1. The first-order valence-electron chi connectivity index (χ1n) is 7.24. The molecule has 0 radical (unpaired) electrons. The van der Waals surface area contributed by atoms with Gasteiger partial charge in [0, 0.05) is 27.2 Å². The standard InChI is InChI=1S/C16H24N2S2/c1-4-14(17)16(15-9-8-12(3)20-15)18(5-2)11-13-7-6-10-19-13/h6-10,14,16H,4-5,11,17H2,1-3H3. The van der Waals surface area contributed by atoms with E-state index in [2.05, 4.69) is 55.3 Å². The summed E-state index contributed by atoms with van der Waals surface area (Å²) in [5, 5.41) is 2.15. The van der Waals surface area contributed by atoms with Crippen LogP contribution in [0.5, 0.6) is 0 Å². The van der Waals surface area contributed by atoms with E-state index >= 15 is 0 Å². The Hall–Kier alpha value is -0.680. The lowest BCUT2D eigenvalue weighted by atomic mass is 10.0. The molecular formula is C16H24N2S2. The summed E-state index contributed by atoms with van der Waals surface area (Å²) in [6.45, 7) is 8.58. The average Bonchev–Trinajstić information content (AvgIpc) is 3.09. The van der Waals surface area contributed by atoms with Gasteiger partial charge < -0.3 is 5.73 Å². The van der Waals surface area contributed by atoms with Crippen molar-refractivity contribution in [1.29, 1.82) is 0 Å². The van der Waals surface area contributed by atoms with E-state index in [1.54, 1.807) is 0 Å². The van der Waals surface area contributed by atoms with Crippen LogP contribution in [-0.4, -0.2) is 17.5 Å². The lowest BCUT2D eigenvalue weighted by Gasteiger charge is -2.33. The molecule has 0 spiro atoms. The molecule has 0 saturated heterocycles. The van der Waals surface area contributed by atoms with Gasteiger partial charge in [0.15, 0.2) is 0 Å². The molecule has 0 saturated carbocycles. The van der Waals surface area contributed by atoms with E-state index in [0.717, 1.165) is 19.5 Å². The molecule has 0 bridgehead atoms. The predicted octanol–water partition coefficient (Wildman–Crippen LogP) is 4.42. The Bertz CT molecular complexity index is 504. The Morgan fingerprint density at radius 3 is 2.55 bits per heavy atom. The van der Waals surface area contributed by atoms with Crippen molar-refractivity contribution in [3.05, 3.63) is 44.3 Å². The van der Waals surface area contributed by atoms with Crippen LogP contribution in [0.4, 0.5) is 0 Å². The highest BCUT2D eigenvalue weighted by atomic mass is 32.1. The van der Waals surface area contributed by atoms with Gasteiger partial charge in [-0.3, -0.25) is 4.90 Å². The van der Waals surface area contributed by atoms with Crippen molar-refractivity contribution < 1.29 is 0 Å². The van der Waals surface area contributed by atoms with Crippen molar-refractivity contribution in [3.8, 4) is 0 Å². The molecule has 20 heavy (non-hydrogen) atoms. The molecule has 0 aromatic carbocycles. The second kappa shape index (κ2) is 7.36. The van der Waals surface area contributed by atoms with Crippen LogP contribution in [0.25, 0.3) is 0 Å². The largest absolute Gasteiger partial charge is 0.326 e. The zero-order valence-electron chi connectivity index (χ0n) is 12.5. The fourth-order valence-electron chi connectivity index (χ4n) is 2.51. The number of rotatable bonds is 7. The van der Waals surface area contributed by atoms with Gasteiger partial charge in [-0.15, -0.1) is 22.7 Å².